The zero-order valence-corrected chi connectivity index (χ0v) is 18.1. The number of carbonyl (C=O) groups is 2. The molecule has 2 amide bonds. The topological polar surface area (TPSA) is 76.5 Å². The molecule has 2 heterocycles. The molecule has 0 aliphatic heterocycles. The molecule has 0 aliphatic carbocycles. The normalized spacial score (nSPS) is 11.6. The minimum Gasteiger partial charge on any atom is -0.481 e. The van der Waals surface area contributed by atoms with Crippen molar-refractivity contribution in [2.75, 3.05) is 20.7 Å². The summed E-state index contributed by atoms with van der Waals surface area (Å²) in [5, 5.41) is 2.96. The molecule has 0 saturated carbocycles. The van der Waals surface area contributed by atoms with Crippen molar-refractivity contribution in [3.05, 3.63) is 83.8 Å². The van der Waals surface area contributed by atoms with Crippen LogP contribution in [-0.4, -0.2) is 53.0 Å². The number of pyridine rings is 1. The van der Waals surface area contributed by atoms with Gasteiger partial charge in [-0.2, -0.15) is 0 Å². The molecule has 3 rings (SSSR count). The minimum absolute atomic E-state index is 0.114. The first kappa shape index (κ1) is 22.1. The summed E-state index contributed by atoms with van der Waals surface area (Å²) in [7, 11) is 5.13. The number of benzene rings is 1. The Hall–Kier alpha value is -3.61. The molecule has 2 aromatic heterocycles. The maximum atomic E-state index is 13.1. The van der Waals surface area contributed by atoms with E-state index in [2.05, 4.69) is 10.3 Å². The van der Waals surface area contributed by atoms with Crippen LogP contribution in [0, 0.1) is 0 Å². The van der Waals surface area contributed by atoms with Crippen LogP contribution in [0.2, 0.25) is 0 Å². The molecule has 162 valence electrons. The van der Waals surface area contributed by atoms with Gasteiger partial charge in [-0.1, -0.05) is 36.4 Å². The number of methoxy groups -OCH3 is 1. The van der Waals surface area contributed by atoms with Crippen LogP contribution < -0.4 is 10.1 Å². The van der Waals surface area contributed by atoms with Crippen molar-refractivity contribution < 1.29 is 14.3 Å². The lowest BCUT2D eigenvalue weighted by Crippen LogP contribution is -2.41. The quantitative estimate of drug-likeness (QED) is 0.578. The Labute approximate surface area is 182 Å². The minimum atomic E-state index is -0.186. The lowest BCUT2D eigenvalue weighted by Gasteiger charge is -2.28. The van der Waals surface area contributed by atoms with Gasteiger partial charge in [-0.05, 0) is 36.6 Å². The molecule has 0 bridgehead atoms. The Morgan fingerprint density at radius 1 is 1.10 bits per heavy atom. The van der Waals surface area contributed by atoms with Crippen molar-refractivity contribution in [3.63, 3.8) is 0 Å². The Bertz CT molecular complexity index is 1020. The van der Waals surface area contributed by atoms with Gasteiger partial charge in [-0.15, -0.1) is 0 Å². The van der Waals surface area contributed by atoms with Gasteiger partial charge in [0.25, 0.3) is 11.8 Å². The highest BCUT2D eigenvalue weighted by molar-refractivity contribution is 5.93. The molecule has 0 spiro atoms. The predicted molar refractivity (Wildman–Crippen MR) is 119 cm³/mol. The van der Waals surface area contributed by atoms with E-state index in [1.54, 1.807) is 40.8 Å². The number of aryl methyl sites for hydroxylation is 1. The van der Waals surface area contributed by atoms with Gasteiger partial charge in [0.15, 0.2) is 0 Å². The van der Waals surface area contributed by atoms with Gasteiger partial charge in [0, 0.05) is 38.9 Å². The van der Waals surface area contributed by atoms with E-state index >= 15 is 0 Å². The van der Waals surface area contributed by atoms with E-state index in [4.69, 9.17) is 4.74 Å². The average Bonchev–Trinajstić information content (AvgIpc) is 3.24. The molecule has 7 nitrogen and oxygen atoms in total. The van der Waals surface area contributed by atoms with Crippen LogP contribution in [0.3, 0.4) is 0 Å². The number of amides is 2. The van der Waals surface area contributed by atoms with Gasteiger partial charge in [-0.3, -0.25) is 9.59 Å². The molecule has 0 fully saturated rings. The Morgan fingerprint density at radius 2 is 1.87 bits per heavy atom. The summed E-state index contributed by atoms with van der Waals surface area (Å²) in [6.45, 7) is 0.449. The predicted octanol–water partition coefficient (Wildman–Crippen LogP) is 2.93. The van der Waals surface area contributed by atoms with Gasteiger partial charge in [0.1, 0.15) is 11.4 Å². The second-order valence-electron chi connectivity index (χ2n) is 7.37. The maximum Gasteiger partial charge on any atom is 0.272 e. The summed E-state index contributed by atoms with van der Waals surface area (Å²) in [4.78, 5) is 31.5. The van der Waals surface area contributed by atoms with Crippen LogP contribution in [0.5, 0.6) is 5.88 Å². The molecular formula is C24H28N4O3. The van der Waals surface area contributed by atoms with E-state index in [1.807, 2.05) is 49.6 Å². The molecule has 1 atom stereocenters. The molecule has 31 heavy (non-hydrogen) atoms. The first-order valence-electron chi connectivity index (χ1n) is 10.2. The number of likely N-dealkylation sites (N-methyl/N-ethyl adjacent to an activating group) is 1. The van der Waals surface area contributed by atoms with Gasteiger partial charge in [0.2, 0.25) is 5.88 Å². The van der Waals surface area contributed by atoms with E-state index in [0.29, 0.717) is 36.7 Å². The Morgan fingerprint density at radius 3 is 2.55 bits per heavy atom. The number of hydrogen-bond donors (Lipinski definition) is 1. The zero-order chi connectivity index (χ0) is 22.2. The van der Waals surface area contributed by atoms with Crippen molar-refractivity contribution in [2.24, 2.45) is 7.05 Å². The van der Waals surface area contributed by atoms with Crippen LogP contribution in [0.1, 0.15) is 33.0 Å². The summed E-state index contributed by atoms with van der Waals surface area (Å²) in [5.41, 5.74) is 2.05. The molecular weight excluding hydrogens is 392 g/mol. The zero-order valence-electron chi connectivity index (χ0n) is 18.1. The Balaban J connectivity index is 1.71. The van der Waals surface area contributed by atoms with Gasteiger partial charge >= 0.3 is 0 Å². The van der Waals surface area contributed by atoms with Crippen molar-refractivity contribution >= 4 is 11.8 Å². The average molecular weight is 421 g/mol. The maximum absolute atomic E-state index is 13.1. The number of nitrogens with one attached hydrogen (secondary N) is 1. The number of ether oxygens (including phenoxy) is 1. The molecule has 7 heteroatoms. The van der Waals surface area contributed by atoms with Crippen molar-refractivity contribution in [1.29, 1.82) is 0 Å². The third kappa shape index (κ3) is 5.72. The molecule has 0 saturated heterocycles. The van der Waals surface area contributed by atoms with Crippen LogP contribution >= 0.6 is 0 Å². The highest BCUT2D eigenvalue weighted by atomic mass is 16.5. The SMILES string of the molecule is COc1cccc(C(=O)N(C)C(CCNC(=O)c2cccn2C)Cc2ccccc2)n1. The number of aromatic nitrogens is 2. The molecule has 1 unspecified atom stereocenters. The fourth-order valence-corrected chi connectivity index (χ4v) is 3.45. The lowest BCUT2D eigenvalue weighted by molar-refractivity contribution is 0.0716. The van der Waals surface area contributed by atoms with E-state index in [-0.39, 0.29) is 17.9 Å². The van der Waals surface area contributed by atoms with Gasteiger partial charge in [-0.25, -0.2) is 4.98 Å². The van der Waals surface area contributed by atoms with Crippen molar-refractivity contribution in [3.8, 4) is 5.88 Å². The summed E-state index contributed by atoms with van der Waals surface area (Å²) in [5.74, 6) is 0.0803. The molecule has 0 aliphatic rings. The van der Waals surface area contributed by atoms with Crippen LogP contribution in [0.25, 0.3) is 0 Å². The molecule has 1 aromatic carbocycles. The fraction of sp³-hybridized carbons (Fsp3) is 0.292. The monoisotopic (exact) mass is 420 g/mol. The first-order chi connectivity index (χ1) is 15.0. The Kier molecular flexibility index (Phi) is 7.43. The molecule has 1 N–H and O–H groups in total. The number of hydrogen-bond acceptors (Lipinski definition) is 4. The van der Waals surface area contributed by atoms with Crippen molar-refractivity contribution in [2.45, 2.75) is 18.9 Å². The van der Waals surface area contributed by atoms with E-state index in [9.17, 15) is 9.59 Å². The molecule has 3 aromatic rings. The third-order valence-electron chi connectivity index (χ3n) is 5.27. The van der Waals surface area contributed by atoms with Crippen molar-refractivity contribution in [1.82, 2.24) is 19.8 Å². The summed E-state index contributed by atoms with van der Waals surface area (Å²) < 4.78 is 6.92. The molecule has 0 radical (unpaired) electrons. The highest BCUT2D eigenvalue weighted by Crippen LogP contribution is 2.15. The second kappa shape index (κ2) is 10.4. The van der Waals surface area contributed by atoms with Gasteiger partial charge < -0.3 is 19.5 Å². The van der Waals surface area contributed by atoms with E-state index in [0.717, 1.165) is 5.56 Å². The second-order valence-corrected chi connectivity index (χ2v) is 7.37. The summed E-state index contributed by atoms with van der Waals surface area (Å²) in [6, 6.07) is 18.6. The number of carbonyl (C=O) groups excluding carboxylic acids is 2. The number of rotatable bonds is 9. The van der Waals surface area contributed by atoms with Crippen LogP contribution in [0.4, 0.5) is 0 Å². The lowest BCUT2D eigenvalue weighted by atomic mass is 10.0. The summed E-state index contributed by atoms with van der Waals surface area (Å²) >= 11 is 0. The van der Waals surface area contributed by atoms with E-state index < -0.39 is 0 Å². The van der Waals surface area contributed by atoms with Crippen LogP contribution in [-0.2, 0) is 13.5 Å². The van der Waals surface area contributed by atoms with Gasteiger partial charge in [0.05, 0.1) is 7.11 Å². The first-order valence-corrected chi connectivity index (χ1v) is 10.2. The standard InChI is InChI=1S/C24H28N4O3/c1-27-16-8-12-21(27)23(29)25-15-14-19(17-18-9-5-4-6-10-18)28(2)24(30)20-11-7-13-22(26-20)31-3/h4-13,16,19H,14-15,17H2,1-3H3,(H,25,29). The number of nitrogens with zero attached hydrogens (tertiary/aromatic N) is 3. The third-order valence-corrected chi connectivity index (χ3v) is 5.27. The summed E-state index contributed by atoms with van der Waals surface area (Å²) in [6.07, 6.45) is 3.12. The van der Waals surface area contributed by atoms with Crippen LogP contribution in [0.15, 0.2) is 66.9 Å². The van der Waals surface area contributed by atoms with E-state index in [1.165, 1.54) is 7.11 Å². The highest BCUT2D eigenvalue weighted by Gasteiger charge is 2.23. The fourth-order valence-electron chi connectivity index (χ4n) is 3.45. The smallest absolute Gasteiger partial charge is 0.272 e. The largest absolute Gasteiger partial charge is 0.481 e.